The lowest BCUT2D eigenvalue weighted by Gasteiger charge is -1.74. The highest BCUT2D eigenvalue weighted by atomic mass is 28.2. The van der Waals surface area contributed by atoms with Crippen molar-refractivity contribution in [3.63, 3.8) is 0 Å². The van der Waals surface area contributed by atoms with Crippen molar-refractivity contribution in [3.8, 4) is 0 Å². The Bertz CT molecular complexity index is 14.4. The molecule has 0 radical (unpaired) electrons. The van der Waals surface area contributed by atoms with Crippen LogP contribution >= 0.6 is 0 Å². The van der Waals surface area contributed by atoms with E-state index in [1.807, 2.05) is 6.92 Å². The van der Waals surface area contributed by atoms with Crippen LogP contribution in [-0.4, -0.2) is 15.8 Å². The average Bonchev–Trinajstić information content (AvgIpc) is 1.41. The van der Waals surface area contributed by atoms with Gasteiger partial charge in [-0.3, -0.25) is 4.39 Å². The molecule has 2 heteroatoms. The first-order valence-electron chi connectivity index (χ1n) is 1.97. The molecule has 0 rings (SSSR count). The Morgan fingerprint density at radius 1 is 1.80 bits per heavy atom. The van der Waals surface area contributed by atoms with Crippen LogP contribution in [0.2, 0.25) is 6.04 Å². The van der Waals surface area contributed by atoms with Crippen LogP contribution in [-0.2, 0) is 0 Å². The molecule has 0 aromatic carbocycles. The van der Waals surface area contributed by atoms with Gasteiger partial charge in [0.2, 0.25) is 0 Å². The highest BCUT2D eigenvalue weighted by Crippen LogP contribution is 1.70. The SMILES string of the molecule is CC[SiH2]CF. The quantitative estimate of drug-likeness (QED) is 0.436. The Morgan fingerprint density at radius 2 is 2.40 bits per heavy atom. The maximum absolute atomic E-state index is 11.1. The van der Waals surface area contributed by atoms with Crippen molar-refractivity contribution in [3.05, 3.63) is 0 Å². The van der Waals surface area contributed by atoms with Crippen LogP contribution in [0.25, 0.3) is 0 Å². The Hall–Kier alpha value is 0.147. The van der Waals surface area contributed by atoms with Gasteiger partial charge in [-0.2, -0.15) is 0 Å². The molecule has 0 heterocycles. The largest absolute Gasteiger partial charge is 0.256 e. The summed E-state index contributed by atoms with van der Waals surface area (Å²) in [6.07, 6.45) is -0.0174. The first-order valence-corrected chi connectivity index (χ1v) is 3.97. The lowest BCUT2D eigenvalue weighted by molar-refractivity contribution is 0.593. The molecular weight excluding hydrogens is 83.1 g/mol. The van der Waals surface area contributed by atoms with Crippen molar-refractivity contribution >= 4 is 9.52 Å². The van der Waals surface area contributed by atoms with Gasteiger partial charge in [0.1, 0.15) is 0 Å². The van der Waals surface area contributed by atoms with Crippen molar-refractivity contribution in [1.82, 2.24) is 0 Å². The molecule has 0 atom stereocenters. The molecule has 0 N–H and O–H groups in total. The fourth-order valence-corrected chi connectivity index (χ4v) is 0.401. The van der Waals surface area contributed by atoms with Crippen molar-refractivity contribution < 1.29 is 4.39 Å². The van der Waals surface area contributed by atoms with Crippen LogP contribution in [0.4, 0.5) is 4.39 Å². The van der Waals surface area contributed by atoms with E-state index in [4.69, 9.17) is 0 Å². The smallest absolute Gasteiger partial charge is 0.0731 e. The zero-order valence-electron chi connectivity index (χ0n) is 3.50. The van der Waals surface area contributed by atoms with Crippen LogP contribution in [0.1, 0.15) is 6.92 Å². The Morgan fingerprint density at radius 3 is 2.40 bits per heavy atom. The second-order valence-electron chi connectivity index (χ2n) is 1.04. The van der Waals surface area contributed by atoms with Gasteiger partial charge in [-0.25, -0.2) is 0 Å². The number of alkyl halides is 1. The number of hydrogen-bond donors (Lipinski definition) is 0. The second kappa shape index (κ2) is 4.15. The van der Waals surface area contributed by atoms with Gasteiger partial charge in [0.15, 0.2) is 0 Å². The molecule has 0 bridgehead atoms. The topological polar surface area (TPSA) is 0 Å². The van der Waals surface area contributed by atoms with Crippen LogP contribution in [0.5, 0.6) is 0 Å². The molecule has 32 valence electrons. The molecule has 0 aromatic rings. The van der Waals surface area contributed by atoms with E-state index >= 15 is 0 Å². The lowest BCUT2D eigenvalue weighted by atomic mass is 11.0. The lowest BCUT2D eigenvalue weighted by Crippen LogP contribution is -1.85. The van der Waals surface area contributed by atoms with Crippen LogP contribution in [0, 0.1) is 0 Å². The summed E-state index contributed by atoms with van der Waals surface area (Å²) in [4.78, 5) is 0. The summed E-state index contributed by atoms with van der Waals surface area (Å²) < 4.78 is 11.1. The maximum Gasteiger partial charge on any atom is 0.0731 e. The fraction of sp³-hybridized carbons (Fsp3) is 1.00. The summed E-state index contributed by atoms with van der Waals surface area (Å²) in [6.45, 7) is 2.03. The minimum atomic E-state index is -0.235. The van der Waals surface area contributed by atoms with Gasteiger partial charge in [-0.15, -0.1) is 0 Å². The summed E-state index contributed by atoms with van der Waals surface area (Å²) in [6, 6.07) is 1.11. The maximum atomic E-state index is 11.1. The summed E-state index contributed by atoms with van der Waals surface area (Å²) in [5, 5.41) is 0. The molecule has 0 fully saturated rings. The predicted octanol–water partition coefficient (Wildman–Crippen LogP) is 0.520. The zero-order valence-corrected chi connectivity index (χ0v) is 4.91. The average molecular weight is 92.2 g/mol. The van der Waals surface area contributed by atoms with E-state index in [1.54, 1.807) is 0 Å². The Balaban J connectivity index is 2.19. The van der Waals surface area contributed by atoms with E-state index in [1.165, 1.54) is 0 Å². The van der Waals surface area contributed by atoms with E-state index in [9.17, 15) is 4.39 Å². The van der Waals surface area contributed by atoms with Crippen molar-refractivity contribution in [1.29, 1.82) is 0 Å². The van der Waals surface area contributed by atoms with Gasteiger partial charge < -0.3 is 0 Å². The zero-order chi connectivity index (χ0) is 4.12. The molecule has 0 unspecified atom stereocenters. The molecule has 0 aromatic heterocycles. The van der Waals surface area contributed by atoms with Gasteiger partial charge in [-0.1, -0.05) is 13.0 Å². The minimum Gasteiger partial charge on any atom is -0.256 e. The molecule has 0 amide bonds. The van der Waals surface area contributed by atoms with Crippen LogP contribution < -0.4 is 0 Å². The molecule has 0 saturated carbocycles. The summed E-state index contributed by atoms with van der Waals surface area (Å²) in [5.41, 5.74) is 0. The number of halogens is 1. The number of rotatable bonds is 2. The van der Waals surface area contributed by atoms with Gasteiger partial charge in [0.05, 0.1) is 15.8 Å². The van der Waals surface area contributed by atoms with E-state index in [0.29, 0.717) is 0 Å². The van der Waals surface area contributed by atoms with Gasteiger partial charge >= 0.3 is 0 Å². The highest BCUT2D eigenvalue weighted by Gasteiger charge is 1.73. The van der Waals surface area contributed by atoms with Crippen molar-refractivity contribution in [2.45, 2.75) is 13.0 Å². The van der Waals surface area contributed by atoms with Gasteiger partial charge in [0, 0.05) is 0 Å². The molecule has 0 spiro atoms. The summed E-state index contributed by atoms with van der Waals surface area (Å²) >= 11 is 0. The van der Waals surface area contributed by atoms with E-state index in [0.717, 1.165) is 6.04 Å². The molecular formula is C3H9FSi. The summed E-state index contributed by atoms with van der Waals surface area (Å²) in [7, 11) is -0.235. The fourth-order valence-electron chi connectivity index (χ4n) is 0.134. The predicted molar refractivity (Wildman–Crippen MR) is 25.0 cm³/mol. The van der Waals surface area contributed by atoms with Gasteiger partial charge in [-0.05, 0) is 0 Å². The molecule has 0 nitrogen and oxygen atoms in total. The van der Waals surface area contributed by atoms with Crippen LogP contribution in [0.15, 0.2) is 0 Å². The van der Waals surface area contributed by atoms with Gasteiger partial charge in [0.25, 0.3) is 0 Å². The van der Waals surface area contributed by atoms with E-state index in [2.05, 4.69) is 0 Å². The molecule has 0 saturated heterocycles. The Labute approximate surface area is 34.2 Å². The molecule has 0 aliphatic heterocycles. The third-order valence-electron chi connectivity index (χ3n) is 0.487. The normalized spacial score (nSPS) is 10.8. The molecule has 0 aliphatic rings. The summed E-state index contributed by atoms with van der Waals surface area (Å²) in [5.74, 6) is 0. The van der Waals surface area contributed by atoms with Crippen molar-refractivity contribution in [2.75, 3.05) is 6.30 Å². The third kappa shape index (κ3) is 4.15. The third-order valence-corrected chi connectivity index (χ3v) is 1.46. The number of hydrogen-bond acceptors (Lipinski definition) is 0. The second-order valence-corrected chi connectivity index (χ2v) is 3.13. The monoisotopic (exact) mass is 92.0 g/mol. The molecule has 0 aliphatic carbocycles. The van der Waals surface area contributed by atoms with Crippen molar-refractivity contribution in [2.24, 2.45) is 0 Å². The highest BCUT2D eigenvalue weighted by molar-refractivity contribution is 6.34. The first kappa shape index (κ1) is 5.15. The van der Waals surface area contributed by atoms with E-state index in [-0.39, 0.29) is 15.8 Å². The Kier molecular flexibility index (Phi) is 4.27. The first-order chi connectivity index (χ1) is 2.41. The standard InChI is InChI=1S/C3H9FSi/c1-2-5-3-4/h2-3,5H2,1H3. The van der Waals surface area contributed by atoms with E-state index < -0.39 is 0 Å². The van der Waals surface area contributed by atoms with Crippen LogP contribution in [0.3, 0.4) is 0 Å². The molecule has 5 heavy (non-hydrogen) atoms. The minimum absolute atomic E-state index is 0.0174.